The second-order valence-corrected chi connectivity index (χ2v) is 5.52. The second-order valence-electron chi connectivity index (χ2n) is 5.52. The average Bonchev–Trinajstić information content (AvgIpc) is 3.01. The predicted octanol–water partition coefficient (Wildman–Crippen LogP) is 2.14. The summed E-state index contributed by atoms with van der Waals surface area (Å²) in [5.74, 6) is -0.0437. The predicted molar refractivity (Wildman–Crippen MR) is 90.5 cm³/mol. The molecular weight excluding hydrogens is 302 g/mol. The van der Waals surface area contributed by atoms with Crippen molar-refractivity contribution in [2.75, 3.05) is 32.0 Å². The molecule has 6 heteroatoms. The van der Waals surface area contributed by atoms with Gasteiger partial charge in [0.05, 0.1) is 0 Å². The number of amides is 2. The van der Waals surface area contributed by atoms with Crippen LogP contribution in [0.1, 0.15) is 30.1 Å². The zero-order valence-corrected chi connectivity index (χ0v) is 13.9. The number of nitrogens with one attached hydrogen (secondary N) is 2. The van der Waals surface area contributed by atoms with Crippen molar-refractivity contribution < 1.29 is 9.59 Å². The fraction of sp³-hybridized carbons (Fsp3) is 0.500. The van der Waals surface area contributed by atoms with Gasteiger partial charge in [0.25, 0.3) is 5.91 Å². The van der Waals surface area contributed by atoms with Crippen molar-refractivity contribution in [3.8, 4) is 0 Å². The standard InChI is InChI=1S/C16H23N3O2.ClH/c1-12(11-17-2)15(20)18-14-7-5-13(6-8-14)16(21)19-9-3-4-10-19;/h5-8,12,17H,3-4,9-11H2,1-2H3,(H,18,20);1H. The summed E-state index contributed by atoms with van der Waals surface area (Å²) in [6, 6.07) is 7.12. The Morgan fingerprint density at radius 1 is 1.18 bits per heavy atom. The zero-order chi connectivity index (χ0) is 15.2. The number of anilines is 1. The smallest absolute Gasteiger partial charge is 0.253 e. The van der Waals surface area contributed by atoms with Crippen LogP contribution >= 0.6 is 12.4 Å². The second kappa shape index (κ2) is 8.76. The summed E-state index contributed by atoms with van der Waals surface area (Å²) in [7, 11) is 1.82. The van der Waals surface area contributed by atoms with Gasteiger partial charge in [0.1, 0.15) is 0 Å². The quantitative estimate of drug-likeness (QED) is 0.872. The van der Waals surface area contributed by atoms with Crippen molar-refractivity contribution in [3.63, 3.8) is 0 Å². The highest BCUT2D eigenvalue weighted by molar-refractivity contribution is 5.96. The Balaban J connectivity index is 0.00000242. The third-order valence-electron chi connectivity index (χ3n) is 3.75. The van der Waals surface area contributed by atoms with Crippen molar-refractivity contribution in [1.29, 1.82) is 0 Å². The number of benzene rings is 1. The molecular formula is C16H24ClN3O2. The summed E-state index contributed by atoms with van der Waals surface area (Å²) in [4.78, 5) is 26.0. The highest BCUT2D eigenvalue weighted by Crippen LogP contribution is 2.15. The molecule has 1 aromatic carbocycles. The Morgan fingerprint density at radius 2 is 1.77 bits per heavy atom. The lowest BCUT2D eigenvalue weighted by atomic mass is 10.1. The van der Waals surface area contributed by atoms with Gasteiger partial charge in [0.2, 0.25) is 5.91 Å². The highest BCUT2D eigenvalue weighted by Gasteiger charge is 2.19. The topological polar surface area (TPSA) is 61.4 Å². The van der Waals surface area contributed by atoms with Crippen LogP contribution in [-0.2, 0) is 4.79 Å². The van der Waals surface area contributed by atoms with Gasteiger partial charge in [-0.1, -0.05) is 6.92 Å². The lowest BCUT2D eigenvalue weighted by Gasteiger charge is -2.16. The number of rotatable bonds is 5. The number of nitrogens with zero attached hydrogens (tertiary/aromatic N) is 1. The molecule has 1 heterocycles. The van der Waals surface area contributed by atoms with Crippen molar-refractivity contribution in [2.24, 2.45) is 5.92 Å². The molecule has 1 atom stereocenters. The number of hydrogen-bond acceptors (Lipinski definition) is 3. The summed E-state index contributed by atoms with van der Waals surface area (Å²) in [5.41, 5.74) is 1.40. The fourth-order valence-electron chi connectivity index (χ4n) is 2.46. The van der Waals surface area contributed by atoms with E-state index in [-0.39, 0.29) is 30.1 Å². The van der Waals surface area contributed by atoms with Crippen LogP contribution in [0.15, 0.2) is 24.3 Å². The fourth-order valence-corrected chi connectivity index (χ4v) is 2.46. The molecule has 22 heavy (non-hydrogen) atoms. The van der Waals surface area contributed by atoms with Crippen LogP contribution in [0, 0.1) is 5.92 Å². The van der Waals surface area contributed by atoms with Gasteiger partial charge in [0, 0.05) is 36.8 Å². The lowest BCUT2D eigenvalue weighted by Crippen LogP contribution is -2.29. The molecule has 2 amide bonds. The molecule has 0 aliphatic carbocycles. The van der Waals surface area contributed by atoms with E-state index >= 15 is 0 Å². The summed E-state index contributed by atoms with van der Waals surface area (Å²) >= 11 is 0. The maximum atomic E-state index is 12.2. The first-order valence-electron chi connectivity index (χ1n) is 7.46. The number of carbonyl (C=O) groups is 2. The molecule has 122 valence electrons. The average molecular weight is 326 g/mol. The Hall–Kier alpha value is -1.59. The summed E-state index contributed by atoms with van der Waals surface area (Å²) < 4.78 is 0. The first kappa shape index (κ1) is 18.5. The summed E-state index contributed by atoms with van der Waals surface area (Å²) in [5, 5.41) is 5.84. The lowest BCUT2D eigenvalue weighted by molar-refractivity contribution is -0.119. The maximum absolute atomic E-state index is 12.2. The molecule has 1 fully saturated rings. The Bertz CT molecular complexity index is 499. The summed E-state index contributed by atoms with van der Waals surface area (Å²) in [6.45, 7) is 4.20. The Morgan fingerprint density at radius 3 is 2.32 bits per heavy atom. The minimum atomic E-state index is -0.0964. The molecule has 0 spiro atoms. The van der Waals surface area contributed by atoms with Gasteiger partial charge in [-0.3, -0.25) is 9.59 Å². The van der Waals surface area contributed by atoms with Gasteiger partial charge in [-0.05, 0) is 44.2 Å². The van der Waals surface area contributed by atoms with E-state index in [4.69, 9.17) is 0 Å². The molecule has 5 nitrogen and oxygen atoms in total. The van der Waals surface area contributed by atoms with Gasteiger partial charge in [0.15, 0.2) is 0 Å². The van der Waals surface area contributed by atoms with Gasteiger partial charge >= 0.3 is 0 Å². The molecule has 0 aromatic heterocycles. The molecule has 1 saturated heterocycles. The van der Waals surface area contributed by atoms with E-state index in [2.05, 4.69) is 10.6 Å². The third kappa shape index (κ3) is 4.71. The molecule has 1 aliphatic rings. The number of hydrogen-bond donors (Lipinski definition) is 2. The van der Waals surface area contributed by atoms with Crippen LogP contribution < -0.4 is 10.6 Å². The van der Waals surface area contributed by atoms with Crippen molar-refractivity contribution >= 4 is 29.9 Å². The largest absolute Gasteiger partial charge is 0.339 e. The molecule has 2 rings (SSSR count). The molecule has 2 N–H and O–H groups in total. The van der Waals surface area contributed by atoms with Gasteiger partial charge in [-0.25, -0.2) is 0 Å². The molecule has 0 radical (unpaired) electrons. The van der Waals surface area contributed by atoms with Gasteiger partial charge in [-0.2, -0.15) is 0 Å². The summed E-state index contributed by atoms with van der Waals surface area (Å²) in [6.07, 6.45) is 2.17. The Labute approximate surface area is 137 Å². The normalized spacial score (nSPS) is 15.1. The third-order valence-corrected chi connectivity index (χ3v) is 3.75. The number of likely N-dealkylation sites (tertiary alicyclic amines) is 1. The van der Waals surface area contributed by atoms with Crippen LogP contribution in [0.2, 0.25) is 0 Å². The van der Waals surface area contributed by atoms with E-state index in [0.717, 1.165) is 31.6 Å². The van der Waals surface area contributed by atoms with Gasteiger partial charge < -0.3 is 15.5 Å². The van der Waals surface area contributed by atoms with Crippen molar-refractivity contribution in [1.82, 2.24) is 10.2 Å². The van der Waals surface area contributed by atoms with Crippen molar-refractivity contribution in [3.05, 3.63) is 29.8 Å². The first-order chi connectivity index (χ1) is 10.1. The SMILES string of the molecule is CNCC(C)C(=O)Nc1ccc(C(=O)N2CCCC2)cc1.Cl. The first-order valence-corrected chi connectivity index (χ1v) is 7.46. The minimum Gasteiger partial charge on any atom is -0.339 e. The van der Waals surface area contributed by atoms with Crippen LogP contribution in [0.25, 0.3) is 0 Å². The molecule has 1 unspecified atom stereocenters. The maximum Gasteiger partial charge on any atom is 0.253 e. The van der Waals surface area contributed by atoms with Crippen molar-refractivity contribution in [2.45, 2.75) is 19.8 Å². The van der Waals surface area contributed by atoms with E-state index in [9.17, 15) is 9.59 Å². The van der Waals surface area contributed by atoms with E-state index in [1.807, 2.05) is 18.9 Å². The molecule has 0 bridgehead atoms. The minimum absolute atomic E-state index is 0. The Kier molecular flexibility index (Phi) is 7.35. The van der Waals surface area contributed by atoms with Crippen LogP contribution in [0.3, 0.4) is 0 Å². The van der Waals surface area contributed by atoms with E-state index in [0.29, 0.717) is 12.1 Å². The number of carbonyl (C=O) groups excluding carboxylic acids is 2. The number of halogens is 1. The van der Waals surface area contributed by atoms with E-state index in [1.54, 1.807) is 24.3 Å². The molecule has 0 saturated carbocycles. The van der Waals surface area contributed by atoms with Crippen LogP contribution in [-0.4, -0.2) is 43.4 Å². The monoisotopic (exact) mass is 325 g/mol. The van der Waals surface area contributed by atoms with E-state index in [1.165, 1.54) is 0 Å². The van der Waals surface area contributed by atoms with Crippen LogP contribution in [0.5, 0.6) is 0 Å². The molecule has 1 aliphatic heterocycles. The zero-order valence-electron chi connectivity index (χ0n) is 13.1. The van der Waals surface area contributed by atoms with E-state index < -0.39 is 0 Å². The van der Waals surface area contributed by atoms with Crippen LogP contribution in [0.4, 0.5) is 5.69 Å². The highest BCUT2D eigenvalue weighted by atomic mass is 35.5. The van der Waals surface area contributed by atoms with Gasteiger partial charge in [-0.15, -0.1) is 12.4 Å². The molecule has 1 aromatic rings.